The van der Waals surface area contributed by atoms with E-state index < -0.39 is 0 Å². The van der Waals surface area contributed by atoms with Crippen molar-refractivity contribution in [3.8, 4) is 0 Å². The Labute approximate surface area is 115 Å². The van der Waals surface area contributed by atoms with E-state index in [1.807, 2.05) is 6.20 Å². The normalized spacial score (nSPS) is 19.7. The number of rotatable bonds is 3. The number of hydrogen-bond donors (Lipinski definition) is 0. The number of nitrogens with zero attached hydrogens (tertiary/aromatic N) is 2. The zero-order chi connectivity index (χ0) is 13.1. The first kappa shape index (κ1) is 12.4. The zero-order valence-electron chi connectivity index (χ0n) is 11.4. The van der Waals surface area contributed by atoms with Crippen LogP contribution < -0.4 is 0 Å². The van der Waals surface area contributed by atoms with E-state index in [0.29, 0.717) is 5.92 Å². The molecular weight excluding hydrogens is 232 g/mol. The van der Waals surface area contributed by atoms with Crippen molar-refractivity contribution in [2.24, 2.45) is 0 Å². The molecule has 1 aliphatic rings. The van der Waals surface area contributed by atoms with Crippen molar-refractivity contribution in [3.63, 3.8) is 0 Å². The van der Waals surface area contributed by atoms with Crippen LogP contribution in [-0.4, -0.2) is 23.0 Å². The second-order valence-corrected chi connectivity index (χ2v) is 5.46. The molecule has 0 saturated carbocycles. The molecular formula is C17H20N2. The lowest BCUT2D eigenvalue weighted by Gasteiger charge is -2.16. The number of aromatic nitrogens is 1. The van der Waals surface area contributed by atoms with Crippen LogP contribution in [-0.2, 0) is 6.54 Å². The largest absolute Gasteiger partial charge is 0.298 e. The van der Waals surface area contributed by atoms with Crippen molar-refractivity contribution in [1.82, 2.24) is 9.88 Å². The van der Waals surface area contributed by atoms with E-state index in [0.717, 1.165) is 13.1 Å². The fourth-order valence-electron chi connectivity index (χ4n) is 2.84. The van der Waals surface area contributed by atoms with Crippen LogP contribution in [0.15, 0.2) is 48.7 Å². The Morgan fingerprint density at radius 2 is 2.05 bits per heavy atom. The summed E-state index contributed by atoms with van der Waals surface area (Å²) in [5.74, 6) is 0.601. The van der Waals surface area contributed by atoms with E-state index in [2.05, 4.69) is 59.3 Å². The molecule has 1 aromatic heterocycles. The van der Waals surface area contributed by atoms with E-state index in [-0.39, 0.29) is 0 Å². The van der Waals surface area contributed by atoms with E-state index in [9.17, 15) is 0 Å². The first-order chi connectivity index (χ1) is 9.31. The predicted molar refractivity (Wildman–Crippen MR) is 78.1 cm³/mol. The first-order valence-electron chi connectivity index (χ1n) is 7.00. The molecule has 1 saturated heterocycles. The second-order valence-electron chi connectivity index (χ2n) is 5.46. The molecule has 0 N–H and O–H groups in total. The summed E-state index contributed by atoms with van der Waals surface area (Å²) in [7, 11) is 0. The van der Waals surface area contributed by atoms with Crippen LogP contribution in [0, 0.1) is 6.92 Å². The zero-order valence-corrected chi connectivity index (χ0v) is 11.4. The Morgan fingerprint density at radius 3 is 2.84 bits per heavy atom. The van der Waals surface area contributed by atoms with Crippen molar-refractivity contribution >= 4 is 0 Å². The minimum absolute atomic E-state index is 0.601. The molecule has 1 aromatic carbocycles. The Morgan fingerprint density at radius 1 is 1.21 bits per heavy atom. The van der Waals surface area contributed by atoms with Gasteiger partial charge in [-0.1, -0.05) is 30.3 Å². The van der Waals surface area contributed by atoms with Crippen LogP contribution in [0.2, 0.25) is 0 Å². The van der Waals surface area contributed by atoms with E-state index in [4.69, 9.17) is 0 Å². The average molecular weight is 252 g/mol. The standard InChI is InChI=1S/C17H20N2/c1-14-7-9-18-17(11-14)16-8-10-19(13-16)12-15-5-3-2-4-6-15/h2-7,9,11,16H,8,10,12-13H2,1H3/t16-/m0/s1. The van der Waals surface area contributed by atoms with Gasteiger partial charge in [-0.2, -0.15) is 0 Å². The topological polar surface area (TPSA) is 16.1 Å². The summed E-state index contributed by atoms with van der Waals surface area (Å²) < 4.78 is 0. The third kappa shape index (κ3) is 3.02. The van der Waals surface area contributed by atoms with E-state index in [1.165, 1.54) is 29.8 Å². The monoisotopic (exact) mass is 252 g/mol. The number of likely N-dealkylation sites (tertiary alicyclic amines) is 1. The fourth-order valence-corrected chi connectivity index (χ4v) is 2.84. The highest BCUT2D eigenvalue weighted by atomic mass is 15.1. The maximum atomic E-state index is 4.54. The fraction of sp³-hybridized carbons (Fsp3) is 0.353. The molecule has 98 valence electrons. The van der Waals surface area contributed by atoms with Crippen LogP contribution in [0.3, 0.4) is 0 Å². The minimum Gasteiger partial charge on any atom is -0.298 e. The number of aryl methyl sites for hydroxylation is 1. The Hall–Kier alpha value is -1.67. The third-order valence-electron chi connectivity index (χ3n) is 3.88. The quantitative estimate of drug-likeness (QED) is 0.832. The van der Waals surface area contributed by atoms with Gasteiger partial charge in [0.25, 0.3) is 0 Å². The van der Waals surface area contributed by atoms with E-state index in [1.54, 1.807) is 0 Å². The molecule has 0 radical (unpaired) electrons. The van der Waals surface area contributed by atoms with Gasteiger partial charge >= 0.3 is 0 Å². The predicted octanol–water partition coefficient (Wildman–Crippen LogP) is 3.38. The maximum Gasteiger partial charge on any atom is 0.0450 e. The molecule has 0 spiro atoms. The summed E-state index contributed by atoms with van der Waals surface area (Å²) in [6.45, 7) is 5.51. The van der Waals surface area contributed by atoms with Crippen molar-refractivity contribution < 1.29 is 0 Å². The van der Waals surface area contributed by atoms with Gasteiger partial charge in [-0.3, -0.25) is 9.88 Å². The molecule has 3 rings (SSSR count). The Bertz CT molecular complexity index is 536. The summed E-state index contributed by atoms with van der Waals surface area (Å²) in [6.07, 6.45) is 3.16. The second kappa shape index (κ2) is 5.54. The van der Waals surface area contributed by atoms with Crippen LogP contribution in [0.5, 0.6) is 0 Å². The molecule has 2 heteroatoms. The summed E-state index contributed by atoms with van der Waals surface area (Å²) in [5.41, 5.74) is 3.97. The van der Waals surface area contributed by atoms with Gasteiger partial charge in [0.1, 0.15) is 0 Å². The molecule has 1 fully saturated rings. The highest BCUT2D eigenvalue weighted by Crippen LogP contribution is 2.27. The van der Waals surface area contributed by atoms with Gasteiger partial charge in [0.15, 0.2) is 0 Å². The molecule has 2 aromatic rings. The molecule has 2 heterocycles. The lowest BCUT2D eigenvalue weighted by molar-refractivity contribution is 0.326. The van der Waals surface area contributed by atoms with Crippen molar-refractivity contribution in [2.45, 2.75) is 25.8 Å². The van der Waals surface area contributed by atoms with Gasteiger partial charge in [0, 0.05) is 30.9 Å². The summed E-state index contributed by atoms with van der Waals surface area (Å²) in [4.78, 5) is 7.07. The SMILES string of the molecule is Cc1ccnc([C@H]2CCN(Cc3ccccc3)C2)c1. The van der Waals surface area contributed by atoms with Gasteiger partial charge in [0.05, 0.1) is 0 Å². The molecule has 2 nitrogen and oxygen atoms in total. The van der Waals surface area contributed by atoms with Crippen molar-refractivity contribution in [3.05, 3.63) is 65.5 Å². The summed E-state index contributed by atoms with van der Waals surface area (Å²) in [6, 6.07) is 15.0. The van der Waals surface area contributed by atoms with Gasteiger partial charge in [-0.25, -0.2) is 0 Å². The Balaban J connectivity index is 1.64. The summed E-state index contributed by atoms with van der Waals surface area (Å²) >= 11 is 0. The first-order valence-corrected chi connectivity index (χ1v) is 7.00. The lowest BCUT2D eigenvalue weighted by atomic mass is 10.0. The van der Waals surface area contributed by atoms with Crippen molar-refractivity contribution in [1.29, 1.82) is 0 Å². The average Bonchev–Trinajstić information content (AvgIpc) is 2.88. The maximum absolute atomic E-state index is 4.54. The minimum atomic E-state index is 0.601. The smallest absolute Gasteiger partial charge is 0.0450 e. The van der Waals surface area contributed by atoms with Crippen LogP contribution in [0.25, 0.3) is 0 Å². The molecule has 0 bridgehead atoms. The molecule has 0 unspecified atom stereocenters. The van der Waals surface area contributed by atoms with Gasteiger partial charge in [0.2, 0.25) is 0 Å². The number of benzene rings is 1. The Kier molecular flexibility index (Phi) is 3.60. The van der Waals surface area contributed by atoms with Crippen molar-refractivity contribution in [2.75, 3.05) is 13.1 Å². The van der Waals surface area contributed by atoms with Gasteiger partial charge in [-0.15, -0.1) is 0 Å². The molecule has 0 amide bonds. The van der Waals surface area contributed by atoms with Gasteiger partial charge in [-0.05, 0) is 43.1 Å². The highest BCUT2D eigenvalue weighted by molar-refractivity contribution is 5.20. The molecule has 0 aliphatic carbocycles. The van der Waals surface area contributed by atoms with Crippen LogP contribution in [0.1, 0.15) is 29.2 Å². The molecule has 1 atom stereocenters. The van der Waals surface area contributed by atoms with Crippen LogP contribution in [0.4, 0.5) is 0 Å². The molecule has 1 aliphatic heterocycles. The van der Waals surface area contributed by atoms with E-state index >= 15 is 0 Å². The molecule has 19 heavy (non-hydrogen) atoms. The number of hydrogen-bond acceptors (Lipinski definition) is 2. The highest BCUT2D eigenvalue weighted by Gasteiger charge is 2.24. The third-order valence-corrected chi connectivity index (χ3v) is 3.88. The lowest BCUT2D eigenvalue weighted by Crippen LogP contribution is -2.19. The van der Waals surface area contributed by atoms with Gasteiger partial charge < -0.3 is 0 Å². The summed E-state index contributed by atoms with van der Waals surface area (Å²) in [5, 5.41) is 0. The van der Waals surface area contributed by atoms with Crippen LogP contribution >= 0.6 is 0 Å². The number of pyridine rings is 1.